The van der Waals surface area contributed by atoms with Gasteiger partial charge < -0.3 is 5.11 Å². The quantitative estimate of drug-likeness (QED) is 0.462. The van der Waals surface area contributed by atoms with Gasteiger partial charge in [0.2, 0.25) is 0 Å². The van der Waals surface area contributed by atoms with Crippen molar-refractivity contribution in [1.82, 2.24) is 0 Å². The molecule has 0 saturated heterocycles. The number of allylic oxidation sites excluding steroid dienone is 2. The van der Waals surface area contributed by atoms with E-state index in [1.165, 1.54) is 6.92 Å². The zero-order valence-electron chi connectivity index (χ0n) is 14.5. The van der Waals surface area contributed by atoms with Gasteiger partial charge in [-0.3, -0.25) is 30.4 Å². The SMILES string of the molecule is C/C(=N\Nc1ccc([N+](=O)[O-])cc1[N+](=O)[O-])C1=C(O)CC(C)(C)CC1=O. The van der Waals surface area contributed by atoms with Crippen molar-refractivity contribution in [3.05, 3.63) is 49.8 Å². The normalized spacial score (nSPS) is 17.2. The van der Waals surface area contributed by atoms with Crippen LogP contribution in [0.25, 0.3) is 0 Å². The molecule has 1 aliphatic rings. The highest BCUT2D eigenvalue weighted by molar-refractivity contribution is 6.22. The molecule has 2 N–H and O–H groups in total. The number of nitro groups is 2. The Balaban J connectivity index is 2.33. The molecule has 0 unspecified atom stereocenters. The van der Waals surface area contributed by atoms with Crippen LogP contribution >= 0.6 is 0 Å². The summed E-state index contributed by atoms with van der Waals surface area (Å²) in [6, 6.07) is 3.08. The molecule has 0 fully saturated rings. The molecule has 0 aromatic heterocycles. The summed E-state index contributed by atoms with van der Waals surface area (Å²) < 4.78 is 0. The Morgan fingerprint density at radius 2 is 1.88 bits per heavy atom. The van der Waals surface area contributed by atoms with Gasteiger partial charge in [-0.25, -0.2) is 0 Å². The minimum absolute atomic E-state index is 0.0661. The number of hydrogen-bond acceptors (Lipinski definition) is 8. The highest BCUT2D eigenvalue weighted by Gasteiger charge is 2.34. The first-order valence-electron chi connectivity index (χ1n) is 7.70. The Bertz CT molecular complexity index is 856. The standard InChI is InChI=1S/C16H18N4O6/c1-9(15-13(21)7-16(2,3)8-14(15)22)17-18-11-5-4-10(19(23)24)6-12(11)20(25)26/h4-6,18,21H,7-8H2,1-3H3/b17-9+. The first-order valence-corrected chi connectivity index (χ1v) is 7.70. The Hall–Kier alpha value is -3.30. The maximum absolute atomic E-state index is 12.3. The average molecular weight is 362 g/mol. The zero-order valence-corrected chi connectivity index (χ0v) is 14.5. The third-order valence-electron chi connectivity index (χ3n) is 3.95. The van der Waals surface area contributed by atoms with Gasteiger partial charge in [0.15, 0.2) is 5.78 Å². The second-order valence-corrected chi connectivity index (χ2v) is 6.79. The number of hydrazone groups is 1. The number of aliphatic hydroxyl groups is 1. The fourth-order valence-electron chi connectivity index (χ4n) is 2.78. The molecule has 0 atom stereocenters. The lowest BCUT2D eigenvalue weighted by atomic mass is 9.76. The number of nitro benzene ring substituents is 2. The molecule has 26 heavy (non-hydrogen) atoms. The molecule has 1 aromatic rings. The number of nitrogens with zero attached hydrogens (tertiary/aromatic N) is 3. The summed E-state index contributed by atoms with van der Waals surface area (Å²) in [6.07, 6.45) is 0.565. The fraction of sp³-hybridized carbons (Fsp3) is 0.375. The number of Topliss-reactive ketones (excluding diaryl/α,β-unsaturated/α-hetero) is 1. The minimum atomic E-state index is -0.773. The molecule has 0 saturated carbocycles. The van der Waals surface area contributed by atoms with Crippen molar-refractivity contribution in [1.29, 1.82) is 0 Å². The van der Waals surface area contributed by atoms with Crippen LogP contribution in [-0.2, 0) is 4.79 Å². The number of carbonyl (C=O) groups is 1. The zero-order chi connectivity index (χ0) is 19.6. The Morgan fingerprint density at radius 3 is 2.42 bits per heavy atom. The van der Waals surface area contributed by atoms with E-state index in [9.17, 15) is 30.1 Å². The first kappa shape index (κ1) is 19.0. The van der Waals surface area contributed by atoms with Gasteiger partial charge in [-0.05, 0) is 18.4 Å². The third kappa shape index (κ3) is 4.02. The number of hydrogen-bond donors (Lipinski definition) is 2. The van der Waals surface area contributed by atoms with Gasteiger partial charge in [-0.2, -0.15) is 5.10 Å². The van der Waals surface area contributed by atoms with Crippen molar-refractivity contribution >= 4 is 28.6 Å². The summed E-state index contributed by atoms with van der Waals surface area (Å²) in [5, 5.41) is 35.9. The predicted octanol–water partition coefficient (Wildman–Crippen LogP) is 3.49. The molecule has 10 heteroatoms. The number of anilines is 1. The highest BCUT2D eigenvalue weighted by Crippen LogP contribution is 2.36. The van der Waals surface area contributed by atoms with Crippen LogP contribution in [0.2, 0.25) is 0 Å². The van der Waals surface area contributed by atoms with E-state index >= 15 is 0 Å². The molecule has 0 bridgehead atoms. The smallest absolute Gasteiger partial charge is 0.301 e. The summed E-state index contributed by atoms with van der Waals surface area (Å²) >= 11 is 0. The van der Waals surface area contributed by atoms with Crippen LogP contribution in [0.5, 0.6) is 0 Å². The Kier molecular flexibility index (Phi) is 5.05. The van der Waals surface area contributed by atoms with Gasteiger partial charge in [-0.1, -0.05) is 13.8 Å². The first-order chi connectivity index (χ1) is 12.0. The van der Waals surface area contributed by atoms with Crippen LogP contribution in [0.15, 0.2) is 34.6 Å². The maximum Gasteiger partial charge on any atom is 0.301 e. The summed E-state index contributed by atoms with van der Waals surface area (Å²) in [5.41, 5.74) is 1.34. The van der Waals surface area contributed by atoms with Crippen LogP contribution in [0.1, 0.15) is 33.6 Å². The van der Waals surface area contributed by atoms with Gasteiger partial charge in [0.25, 0.3) is 5.69 Å². The monoisotopic (exact) mass is 362 g/mol. The van der Waals surface area contributed by atoms with E-state index in [0.717, 1.165) is 18.2 Å². The van der Waals surface area contributed by atoms with Gasteiger partial charge in [0.05, 0.1) is 27.2 Å². The number of ketones is 1. The molecule has 0 heterocycles. The highest BCUT2D eigenvalue weighted by atomic mass is 16.6. The molecule has 1 aliphatic carbocycles. The van der Waals surface area contributed by atoms with Gasteiger partial charge in [-0.15, -0.1) is 0 Å². The van der Waals surface area contributed by atoms with E-state index in [-0.39, 0.29) is 40.4 Å². The number of benzene rings is 1. The second-order valence-electron chi connectivity index (χ2n) is 6.79. The lowest BCUT2D eigenvalue weighted by Gasteiger charge is -2.29. The third-order valence-corrected chi connectivity index (χ3v) is 3.95. The predicted molar refractivity (Wildman–Crippen MR) is 94.2 cm³/mol. The van der Waals surface area contributed by atoms with Crippen molar-refractivity contribution in [2.24, 2.45) is 10.5 Å². The Labute approximate surface area is 148 Å². The van der Waals surface area contributed by atoms with Crippen LogP contribution in [-0.4, -0.2) is 26.4 Å². The van der Waals surface area contributed by atoms with E-state index in [1.807, 2.05) is 13.8 Å². The summed E-state index contributed by atoms with van der Waals surface area (Å²) in [4.78, 5) is 32.6. The molecule has 0 amide bonds. The Morgan fingerprint density at radius 1 is 1.23 bits per heavy atom. The number of carbonyl (C=O) groups excluding carboxylic acids is 1. The van der Waals surface area contributed by atoms with Crippen LogP contribution in [0.4, 0.5) is 17.1 Å². The molecule has 0 spiro atoms. The molecule has 10 nitrogen and oxygen atoms in total. The average Bonchev–Trinajstić information content (AvgIpc) is 2.50. The van der Waals surface area contributed by atoms with E-state index in [4.69, 9.17) is 0 Å². The lowest BCUT2D eigenvalue weighted by Crippen LogP contribution is -2.28. The fourth-order valence-corrected chi connectivity index (χ4v) is 2.78. The summed E-state index contributed by atoms with van der Waals surface area (Å²) in [5.74, 6) is -0.340. The largest absolute Gasteiger partial charge is 0.511 e. The van der Waals surface area contributed by atoms with Gasteiger partial charge >= 0.3 is 5.69 Å². The van der Waals surface area contributed by atoms with Crippen LogP contribution < -0.4 is 5.43 Å². The van der Waals surface area contributed by atoms with Crippen molar-refractivity contribution in [3.63, 3.8) is 0 Å². The molecule has 0 aliphatic heterocycles. The van der Waals surface area contributed by atoms with Crippen molar-refractivity contribution in [3.8, 4) is 0 Å². The minimum Gasteiger partial charge on any atom is -0.511 e. The van der Waals surface area contributed by atoms with Crippen molar-refractivity contribution in [2.45, 2.75) is 33.6 Å². The molecular weight excluding hydrogens is 344 g/mol. The second kappa shape index (κ2) is 6.90. The summed E-state index contributed by atoms with van der Waals surface area (Å²) in [6.45, 7) is 5.22. The van der Waals surface area contributed by atoms with Crippen LogP contribution in [0.3, 0.4) is 0 Å². The van der Waals surface area contributed by atoms with Crippen molar-refractivity contribution < 1.29 is 19.7 Å². The summed E-state index contributed by atoms with van der Waals surface area (Å²) in [7, 11) is 0. The number of nitrogens with one attached hydrogen (secondary N) is 1. The number of rotatable bonds is 5. The van der Waals surface area contributed by atoms with Gasteiger partial charge in [0, 0.05) is 18.9 Å². The van der Waals surface area contributed by atoms with E-state index in [2.05, 4.69) is 10.5 Å². The topological polar surface area (TPSA) is 148 Å². The van der Waals surface area contributed by atoms with E-state index in [0.29, 0.717) is 6.42 Å². The molecule has 2 rings (SSSR count). The number of aliphatic hydroxyl groups excluding tert-OH is 1. The molecule has 138 valence electrons. The molecule has 0 radical (unpaired) electrons. The van der Waals surface area contributed by atoms with Gasteiger partial charge in [0.1, 0.15) is 11.4 Å². The van der Waals surface area contributed by atoms with E-state index < -0.39 is 21.2 Å². The van der Waals surface area contributed by atoms with E-state index in [1.54, 1.807) is 0 Å². The number of non-ortho nitro benzene ring substituents is 1. The maximum atomic E-state index is 12.3. The molecular formula is C16H18N4O6. The van der Waals surface area contributed by atoms with Crippen molar-refractivity contribution in [2.75, 3.05) is 5.43 Å². The lowest BCUT2D eigenvalue weighted by molar-refractivity contribution is -0.393. The molecule has 1 aromatic carbocycles. The van der Waals surface area contributed by atoms with Crippen LogP contribution in [0, 0.1) is 25.6 Å².